The molecule has 82 valence electrons. The Hall–Kier alpha value is -0.680. The molecular formula is C9H18N2O2S. The molecule has 5 heteroatoms. The fourth-order valence-corrected chi connectivity index (χ4v) is 1.10. The molecule has 0 unspecified atom stereocenters. The summed E-state index contributed by atoms with van der Waals surface area (Å²) >= 11 is 4.76. The molecule has 0 bridgehead atoms. The van der Waals surface area contributed by atoms with E-state index in [1.807, 2.05) is 7.05 Å². The van der Waals surface area contributed by atoms with Gasteiger partial charge in [0.25, 0.3) is 0 Å². The van der Waals surface area contributed by atoms with E-state index in [1.165, 1.54) is 7.11 Å². The molecule has 0 rings (SSSR count). The Morgan fingerprint density at radius 2 is 2.07 bits per heavy atom. The van der Waals surface area contributed by atoms with Gasteiger partial charge in [0.2, 0.25) is 0 Å². The largest absolute Gasteiger partial charge is 0.469 e. The zero-order valence-corrected chi connectivity index (χ0v) is 9.60. The van der Waals surface area contributed by atoms with Gasteiger partial charge in [-0.15, -0.1) is 0 Å². The normalized spacial score (nSPS) is 10.2. The van der Waals surface area contributed by atoms with Gasteiger partial charge in [-0.3, -0.25) is 4.79 Å². The number of nitrogens with two attached hydrogens (primary N) is 1. The van der Waals surface area contributed by atoms with Gasteiger partial charge in [-0.1, -0.05) is 12.2 Å². The van der Waals surface area contributed by atoms with Crippen LogP contribution in [0.3, 0.4) is 0 Å². The number of nitrogens with zero attached hydrogens (tertiary/aromatic N) is 1. The van der Waals surface area contributed by atoms with E-state index in [0.29, 0.717) is 11.4 Å². The number of methoxy groups -OCH3 is 1. The molecule has 0 radical (unpaired) electrons. The first-order valence-electron chi connectivity index (χ1n) is 4.60. The minimum absolute atomic E-state index is 0.159. The van der Waals surface area contributed by atoms with Crippen LogP contribution in [0.25, 0.3) is 0 Å². The van der Waals surface area contributed by atoms with Crippen molar-refractivity contribution in [2.75, 3.05) is 27.2 Å². The fourth-order valence-electron chi connectivity index (χ4n) is 1.01. The standard InChI is InChI=1S/C9H18N2O2S/c1-11(7-5-8(10)14)6-3-4-9(12)13-2/h3-7H2,1-2H3,(H2,10,14). The first kappa shape index (κ1) is 13.3. The lowest BCUT2D eigenvalue weighted by Crippen LogP contribution is -2.25. The predicted molar refractivity (Wildman–Crippen MR) is 60.1 cm³/mol. The highest BCUT2D eigenvalue weighted by atomic mass is 32.1. The first-order valence-corrected chi connectivity index (χ1v) is 5.00. The molecule has 0 saturated carbocycles. The Kier molecular flexibility index (Phi) is 7.32. The van der Waals surface area contributed by atoms with Crippen LogP contribution in [-0.4, -0.2) is 43.1 Å². The third-order valence-corrected chi connectivity index (χ3v) is 2.09. The molecular weight excluding hydrogens is 200 g/mol. The fraction of sp³-hybridized carbons (Fsp3) is 0.778. The van der Waals surface area contributed by atoms with Gasteiger partial charge in [0, 0.05) is 19.4 Å². The topological polar surface area (TPSA) is 55.6 Å². The van der Waals surface area contributed by atoms with Crippen LogP contribution >= 0.6 is 12.2 Å². The quantitative estimate of drug-likeness (QED) is 0.499. The maximum absolute atomic E-state index is 10.8. The number of ether oxygens (including phenoxy) is 1. The molecule has 0 aliphatic carbocycles. The highest BCUT2D eigenvalue weighted by Gasteiger charge is 2.02. The van der Waals surface area contributed by atoms with Crippen LogP contribution in [0.5, 0.6) is 0 Å². The smallest absolute Gasteiger partial charge is 0.305 e. The number of carbonyl (C=O) groups is 1. The summed E-state index contributed by atoms with van der Waals surface area (Å²) in [7, 11) is 3.38. The van der Waals surface area contributed by atoms with Crippen molar-refractivity contribution in [1.29, 1.82) is 0 Å². The SMILES string of the molecule is COC(=O)CCCN(C)CCC(N)=S. The van der Waals surface area contributed by atoms with Gasteiger partial charge < -0.3 is 15.4 Å². The summed E-state index contributed by atoms with van der Waals surface area (Å²) in [6.45, 7) is 1.70. The summed E-state index contributed by atoms with van der Waals surface area (Å²) in [5, 5.41) is 0. The molecule has 0 spiro atoms. The van der Waals surface area contributed by atoms with E-state index in [2.05, 4.69) is 9.64 Å². The van der Waals surface area contributed by atoms with Gasteiger partial charge in [-0.2, -0.15) is 0 Å². The third-order valence-electron chi connectivity index (χ3n) is 1.89. The Morgan fingerprint density at radius 1 is 1.43 bits per heavy atom. The Morgan fingerprint density at radius 3 is 2.57 bits per heavy atom. The van der Waals surface area contributed by atoms with E-state index < -0.39 is 0 Å². The van der Waals surface area contributed by atoms with Gasteiger partial charge in [0.15, 0.2) is 0 Å². The number of thiocarbonyl (C=S) groups is 1. The molecule has 0 aromatic heterocycles. The second-order valence-corrected chi connectivity index (χ2v) is 3.72. The highest BCUT2D eigenvalue weighted by Crippen LogP contribution is 1.96. The van der Waals surface area contributed by atoms with Crippen LogP contribution in [0.2, 0.25) is 0 Å². The molecule has 0 aromatic carbocycles. The van der Waals surface area contributed by atoms with Crippen molar-refractivity contribution in [3.05, 3.63) is 0 Å². The predicted octanol–water partition coefficient (Wildman–Crippen LogP) is 0.548. The molecule has 0 saturated heterocycles. The molecule has 4 nitrogen and oxygen atoms in total. The van der Waals surface area contributed by atoms with E-state index in [4.69, 9.17) is 18.0 Å². The number of rotatable bonds is 7. The van der Waals surface area contributed by atoms with Crippen LogP contribution in [0.4, 0.5) is 0 Å². The number of carbonyl (C=O) groups excluding carboxylic acids is 1. The van der Waals surface area contributed by atoms with E-state index in [-0.39, 0.29) is 5.97 Å². The minimum atomic E-state index is -0.159. The number of esters is 1. The molecule has 14 heavy (non-hydrogen) atoms. The van der Waals surface area contributed by atoms with Crippen molar-refractivity contribution in [3.8, 4) is 0 Å². The van der Waals surface area contributed by atoms with Gasteiger partial charge in [-0.25, -0.2) is 0 Å². The zero-order chi connectivity index (χ0) is 11.0. The lowest BCUT2D eigenvalue weighted by molar-refractivity contribution is -0.140. The van der Waals surface area contributed by atoms with Gasteiger partial charge in [-0.05, 0) is 20.0 Å². The lowest BCUT2D eigenvalue weighted by atomic mass is 10.3. The van der Waals surface area contributed by atoms with Gasteiger partial charge >= 0.3 is 5.97 Å². The average molecular weight is 218 g/mol. The summed E-state index contributed by atoms with van der Waals surface area (Å²) < 4.78 is 4.53. The number of hydrogen-bond acceptors (Lipinski definition) is 4. The van der Waals surface area contributed by atoms with Crippen LogP contribution < -0.4 is 5.73 Å². The molecule has 0 fully saturated rings. The highest BCUT2D eigenvalue weighted by molar-refractivity contribution is 7.80. The van der Waals surface area contributed by atoms with Crippen LogP contribution in [0, 0.1) is 0 Å². The van der Waals surface area contributed by atoms with Gasteiger partial charge in [0.1, 0.15) is 0 Å². The van der Waals surface area contributed by atoms with Crippen molar-refractivity contribution in [3.63, 3.8) is 0 Å². The molecule has 0 aliphatic heterocycles. The molecule has 0 aromatic rings. The molecule has 0 aliphatic rings. The number of hydrogen-bond donors (Lipinski definition) is 1. The lowest BCUT2D eigenvalue weighted by Gasteiger charge is -2.15. The average Bonchev–Trinajstić information content (AvgIpc) is 2.14. The summed E-state index contributed by atoms with van der Waals surface area (Å²) in [4.78, 5) is 13.4. The third kappa shape index (κ3) is 7.94. The van der Waals surface area contributed by atoms with Crippen molar-refractivity contribution < 1.29 is 9.53 Å². The monoisotopic (exact) mass is 218 g/mol. The van der Waals surface area contributed by atoms with E-state index in [0.717, 1.165) is 25.9 Å². The molecule has 0 amide bonds. The second kappa shape index (κ2) is 7.70. The Balaban J connectivity index is 3.39. The van der Waals surface area contributed by atoms with E-state index >= 15 is 0 Å². The van der Waals surface area contributed by atoms with Gasteiger partial charge in [0.05, 0.1) is 12.1 Å². The van der Waals surface area contributed by atoms with Crippen molar-refractivity contribution >= 4 is 23.2 Å². The van der Waals surface area contributed by atoms with E-state index in [1.54, 1.807) is 0 Å². The summed E-state index contributed by atoms with van der Waals surface area (Å²) in [5.74, 6) is -0.159. The first-order chi connectivity index (χ1) is 6.56. The Bertz CT molecular complexity index is 197. The molecule has 2 N–H and O–H groups in total. The second-order valence-electron chi connectivity index (χ2n) is 3.20. The molecule has 0 heterocycles. The van der Waals surface area contributed by atoms with E-state index in [9.17, 15) is 4.79 Å². The van der Waals surface area contributed by atoms with Crippen molar-refractivity contribution in [2.24, 2.45) is 5.73 Å². The summed E-state index contributed by atoms with van der Waals surface area (Å²) in [6.07, 6.45) is 2.00. The van der Waals surface area contributed by atoms with Crippen LogP contribution in [0.1, 0.15) is 19.3 Å². The van der Waals surface area contributed by atoms with Crippen LogP contribution in [-0.2, 0) is 9.53 Å². The summed E-state index contributed by atoms with van der Waals surface area (Å²) in [6, 6.07) is 0. The minimum Gasteiger partial charge on any atom is -0.469 e. The summed E-state index contributed by atoms with van der Waals surface area (Å²) in [5.41, 5.74) is 5.37. The van der Waals surface area contributed by atoms with Crippen molar-refractivity contribution in [2.45, 2.75) is 19.3 Å². The van der Waals surface area contributed by atoms with Crippen LogP contribution in [0.15, 0.2) is 0 Å². The molecule has 0 atom stereocenters. The zero-order valence-electron chi connectivity index (χ0n) is 8.78. The van der Waals surface area contributed by atoms with Crippen molar-refractivity contribution in [1.82, 2.24) is 4.90 Å². The maximum Gasteiger partial charge on any atom is 0.305 e. The maximum atomic E-state index is 10.8. The Labute approximate surface area is 90.4 Å².